The predicted octanol–water partition coefficient (Wildman–Crippen LogP) is 5.21. The van der Waals surface area contributed by atoms with Crippen molar-refractivity contribution in [1.82, 2.24) is 4.90 Å². The van der Waals surface area contributed by atoms with Gasteiger partial charge in [0, 0.05) is 32.4 Å². The third-order valence-corrected chi connectivity index (χ3v) is 8.69. The lowest BCUT2D eigenvalue weighted by Gasteiger charge is -2.43. The van der Waals surface area contributed by atoms with Gasteiger partial charge in [0.2, 0.25) is 5.91 Å². The molecule has 1 saturated heterocycles. The van der Waals surface area contributed by atoms with Crippen molar-refractivity contribution in [3.8, 4) is 0 Å². The molecule has 7 nitrogen and oxygen atoms in total. The number of aliphatic hydroxyl groups excluding tert-OH is 1. The largest absolute Gasteiger partial charge is 0.462 e. The zero-order valence-electron chi connectivity index (χ0n) is 24.1. The van der Waals surface area contributed by atoms with E-state index in [0.29, 0.717) is 12.3 Å². The van der Waals surface area contributed by atoms with Crippen LogP contribution in [0.1, 0.15) is 92.4 Å². The van der Waals surface area contributed by atoms with E-state index >= 15 is 0 Å². The minimum Gasteiger partial charge on any atom is -0.462 e. The van der Waals surface area contributed by atoms with Crippen LogP contribution in [0.5, 0.6) is 0 Å². The summed E-state index contributed by atoms with van der Waals surface area (Å²) in [6.45, 7) is 11.1. The number of carbonyl (C=O) groups is 3. The van der Waals surface area contributed by atoms with Crippen LogP contribution in [0.3, 0.4) is 0 Å². The monoisotopic (exact) mass is 531 g/mol. The third-order valence-electron chi connectivity index (χ3n) is 8.69. The van der Waals surface area contributed by atoms with Crippen molar-refractivity contribution >= 4 is 17.8 Å². The molecule has 1 N–H and O–H groups in total. The maximum atomic E-state index is 12.8. The Balaban J connectivity index is 1.64. The lowest BCUT2D eigenvalue weighted by atomic mass is 9.65. The van der Waals surface area contributed by atoms with Gasteiger partial charge in [0.25, 0.3) is 0 Å². The van der Waals surface area contributed by atoms with Crippen molar-refractivity contribution in [3.63, 3.8) is 0 Å². The number of likely N-dealkylation sites (tertiary alicyclic amines) is 1. The third kappa shape index (κ3) is 8.42. The first kappa shape index (κ1) is 30.4. The number of aliphatic hydroxyl groups is 1. The van der Waals surface area contributed by atoms with Crippen molar-refractivity contribution in [2.45, 2.75) is 111 Å². The zero-order chi connectivity index (χ0) is 27.8. The highest BCUT2D eigenvalue weighted by Gasteiger charge is 2.41. The maximum absolute atomic E-state index is 12.8. The second-order valence-electron chi connectivity index (χ2n) is 11.9. The number of fused-ring (bicyclic) bond motifs is 1. The fraction of sp³-hybridized carbons (Fsp3) is 0.774. The summed E-state index contributed by atoms with van der Waals surface area (Å²) >= 11 is 0. The van der Waals surface area contributed by atoms with Crippen LogP contribution in [0.4, 0.5) is 0 Å². The zero-order valence-corrected chi connectivity index (χ0v) is 24.1. The summed E-state index contributed by atoms with van der Waals surface area (Å²) in [6.07, 6.45) is 11.6. The van der Waals surface area contributed by atoms with Crippen LogP contribution < -0.4 is 0 Å². The molecule has 0 aromatic carbocycles. The number of carbonyl (C=O) groups excluding carboxylic acids is 3. The first-order valence-electron chi connectivity index (χ1n) is 14.8. The molecule has 2 aliphatic carbocycles. The van der Waals surface area contributed by atoms with Gasteiger partial charge in [-0.3, -0.25) is 14.4 Å². The molecule has 0 spiro atoms. The van der Waals surface area contributed by atoms with Crippen molar-refractivity contribution in [3.05, 3.63) is 23.8 Å². The molecule has 0 aromatic heterocycles. The summed E-state index contributed by atoms with van der Waals surface area (Å²) < 4.78 is 11.6. The lowest BCUT2D eigenvalue weighted by molar-refractivity contribution is -0.158. The van der Waals surface area contributed by atoms with Gasteiger partial charge in [-0.05, 0) is 68.3 Å². The van der Waals surface area contributed by atoms with Crippen LogP contribution in [-0.4, -0.2) is 59.3 Å². The smallest absolute Gasteiger partial charge is 0.308 e. The minimum absolute atomic E-state index is 0.00809. The van der Waals surface area contributed by atoms with Crippen LogP contribution in [0.2, 0.25) is 0 Å². The van der Waals surface area contributed by atoms with E-state index in [0.717, 1.165) is 51.6 Å². The van der Waals surface area contributed by atoms with Crippen molar-refractivity contribution in [2.24, 2.45) is 29.6 Å². The second-order valence-corrected chi connectivity index (χ2v) is 11.9. The first-order chi connectivity index (χ1) is 18.1. The molecule has 7 heteroatoms. The lowest BCUT2D eigenvalue weighted by Crippen LogP contribution is -2.42. The Kier molecular flexibility index (Phi) is 11.4. The average molecular weight is 532 g/mol. The highest BCUT2D eigenvalue weighted by molar-refractivity contribution is 5.77. The molecular weight excluding hydrogens is 482 g/mol. The van der Waals surface area contributed by atoms with Crippen LogP contribution in [-0.2, 0) is 23.9 Å². The van der Waals surface area contributed by atoms with Gasteiger partial charge in [0.1, 0.15) is 12.2 Å². The average Bonchev–Trinajstić information content (AvgIpc) is 2.87. The number of esters is 2. The number of ether oxygens (including phenoxy) is 2. The second kappa shape index (κ2) is 14.3. The van der Waals surface area contributed by atoms with E-state index in [4.69, 9.17) is 9.47 Å². The van der Waals surface area contributed by atoms with E-state index in [-0.39, 0.29) is 54.5 Å². The first-order valence-corrected chi connectivity index (χ1v) is 14.8. The molecule has 3 aliphatic rings. The van der Waals surface area contributed by atoms with E-state index in [1.54, 1.807) is 0 Å². The summed E-state index contributed by atoms with van der Waals surface area (Å²) in [7, 11) is 0. The van der Waals surface area contributed by atoms with Crippen LogP contribution in [0, 0.1) is 29.6 Å². The van der Waals surface area contributed by atoms with Gasteiger partial charge >= 0.3 is 11.9 Å². The van der Waals surface area contributed by atoms with Gasteiger partial charge in [0.05, 0.1) is 18.4 Å². The molecule has 0 saturated carbocycles. The molecule has 1 amide bonds. The number of amides is 1. The van der Waals surface area contributed by atoms with E-state index in [9.17, 15) is 19.5 Å². The SMILES string of the molecule is CCC(C)C(=O)OC1CC(C)C=C2C=CC(C)C(CCC(O)CC(CC(=O)N3CCCCC3)OC(C)=O)C21. The Labute approximate surface area is 229 Å². The quantitative estimate of drug-likeness (QED) is 0.368. The molecule has 214 valence electrons. The molecule has 0 bridgehead atoms. The molecule has 0 aromatic rings. The van der Waals surface area contributed by atoms with Gasteiger partial charge in [-0.1, -0.05) is 45.9 Å². The van der Waals surface area contributed by atoms with Crippen molar-refractivity contribution in [2.75, 3.05) is 13.1 Å². The molecule has 38 heavy (non-hydrogen) atoms. The Morgan fingerprint density at radius 3 is 2.53 bits per heavy atom. The fourth-order valence-corrected chi connectivity index (χ4v) is 6.33. The van der Waals surface area contributed by atoms with Gasteiger partial charge in [-0.25, -0.2) is 0 Å². The molecule has 1 fully saturated rings. The standard InChI is InChI=1S/C31H49NO6/c1-6-21(3)31(36)38-28-17-20(2)16-24-11-10-22(4)27(30(24)28)13-12-25(34)18-26(37-23(5)33)19-29(35)32-14-8-7-9-15-32/h10-11,16,20-22,25-28,30,34H,6-9,12-15,17-19H2,1-5H3. The fourth-order valence-electron chi connectivity index (χ4n) is 6.33. The van der Waals surface area contributed by atoms with Crippen LogP contribution >= 0.6 is 0 Å². The summed E-state index contributed by atoms with van der Waals surface area (Å²) in [6, 6.07) is 0. The van der Waals surface area contributed by atoms with E-state index in [2.05, 4.69) is 32.1 Å². The number of nitrogens with zero attached hydrogens (tertiary/aromatic N) is 1. The maximum Gasteiger partial charge on any atom is 0.308 e. The number of hydrogen-bond donors (Lipinski definition) is 1. The predicted molar refractivity (Wildman–Crippen MR) is 147 cm³/mol. The topological polar surface area (TPSA) is 93.1 Å². The van der Waals surface area contributed by atoms with Crippen LogP contribution in [0.25, 0.3) is 0 Å². The van der Waals surface area contributed by atoms with E-state index in [1.807, 2.05) is 18.7 Å². The van der Waals surface area contributed by atoms with Crippen LogP contribution in [0.15, 0.2) is 23.8 Å². The molecule has 3 rings (SSSR count). The summed E-state index contributed by atoms with van der Waals surface area (Å²) in [4.78, 5) is 39.1. The molecule has 1 heterocycles. The Bertz CT molecular complexity index is 876. The molecule has 8 unspecified atom stereocenters. The van der Waals surface area contributed by atoms with Gasteiger partial charge in [0.15, 0.2) is 0 Å². The van der Waals surface area contributed by atoms with Gasteiger partial charge in [-0.15, -0.1) is 0 Å². The number of rotatable bonds is 11. The minimum atomic E-state index is -0.692. The van der Waals surface area contributed by atoms with E-state index in [1.165, 1.54) is 12.5 Å². The Hall–Kier alpha value is -2.15. The molecule has 0 radical (unpaired) electrons. The number of piperidine rings is 1. The van der Waals surface area contributed by atoms with Crippen molar-refractivity contribution < 1.29 is 29.0 Å². The van der Waals surface area contributed by atoms with Gasteiger partial charge in [-0.2, -0.15) is 0 Å². The van der Waals surface area contributed by atoms with Gasteiger partial charge < -0.3 is 19.5 Å². The molecule has 8 atom stereocenters. The summed E-state index contributed by atoms with van der Waals surface area (Å²) in [5.74, 6) is 0.260. The Morgan fingerprint density at radius 1 is 1.16 bits per heavy atom. The van der Waals surface area contributed by atoms with Crippen molar-refractivity contribution in [1.29, 1.82) is 0 Å². The summed E-state index contributed by atoms with van der Waals surface area (Å²) in [5, 5.41) is 11.0. The highest BCUT2D eigenvalue weighted by Crippen LogP contribution is 2.45. The summed E-state index contributed by atoms with van der Waals surface area (Å²) in [5.41, 5.74) is 1.23. The number of hydrogen-bond acceptors (Lipinski definition) is 6. The normalized spacial score (nSPS) is 29.5. The number of allylic oxidation sites excluding steroid dienone is 3. The Morgan fingerprint density at radius 2 is 1.87 bits per heavy atom. The van der Waals surface area contributed by atoms with E-state index < -0.39 is 18.2 Å². The molecule has 1 aliphatic heterocycles. The highest BCUT2D eigenvalue weighted by atomic mass is 16.5. The molecular formula is C31H49NO6.